The Balaban J connectivity index is 4.97. The standard InChI is InChI=1S/C14H28N2/c1-8-9-12(14(5,6)7)16-10-11(15)13(2,3)4/h10H,8-9,15H2,1-7H3/b11-10-,16-12?. The lowest BCUT2D eigenvalue weighted by molar-refractivity contribution is 0.495. The third-order valence-corrected chi connectivity index (χ3v) is 2.58. The van der Waals surface area contributed by atoms with E-state index < -0.39 is 0 Å². The Kier molecular flexibility index (Phi) is 5.24. The first-order chi connectivity index (χ1) is 7.09. The van der Waals surface area contributed by atoms with Gasteiger partial charge in [0, 0.05) is 28.4 Å². The Morgan fingerprint density at radius 2 is 1.56 bits per heavy atom. The molecule has 0 saturated carbocycles. The van der Waals surface area contributed by atoms with Crippen molar-refractivity contribution < 1.29 is 0 Å². The van der Waals surface area contributed by atoms with Crippen molar-refractivity contribution in [2.75, 3.05) is 0 Å². The minimum atomic E-state index is -0.00128. The maximum atomic E-state index is 5.99. The van der Waals surface area contributed by atoms with E-state index in [1.165, 1.54) is 5.71 Å². The van der Waals surface area contributed by atoms with Crippen LogP contribution in [0, 0.1) is 10.8 Å². The fourth-order valence-corrected chi connectivity index (χ4v) is 1.21. The zero-order valence-corrected chi connectivity index (χ0v) is 12.0. The summed E-state index contributed by atoms with van der Waals surface area (Å²) in [5.74, 6) is 0. The summed E-state index contributed by atoms with van der Waals surface area (Å²) >= 11 is 0. The van der Waals surface area contributed by atoms with E-state index in [2.05, 4.69) is 53.5 Å². The number of hydrogen-bond donors (Lipinski definition) is 1. The number of rotatable bonds is 3. The molecule has 0 bridgehead atoms. The van der Waals surface area contributed by atoms with Gasteiger partial charge in [-0.1, -0.05) is 54.9 Å². The molecule has 0 amide bonds. The van der Waals surface area contributed by atoms with Crippen LogP contribution in [0.1, 0.15) is 61.3 Å². The average Bonchev–Trinajstić information content (AvgIpc) is 2.07. The van der Waals surface area contributed by atoms with Crippen LogP contribution in [0.5, 0.6) is 0 Å². The molecule has 0 aromatic carbocycles. The van der Waals surface area contributed by atoms with Crippen molar-refractivity contribution >= 4 is 5.71 Å². The molecule has 0 aromatic rings. The van der Waals surface area contributed by atoms with Gasteiger partial charge in [0.1, 0.15) is 0 Å². The summed E-state index contributed by atoms with van der Waals surface area (Å²) in [4.78, 5) is 4.58. The van der Waals surface area contributed by atoms with Crippen molar-refractivity contribution in [2.45, 2.75) is 61.3 Å². The van der Waals surface area contributed by atoms with E-state index in [9.17, 15) is 0 Å². The van der Waals surface area contributed by atoms with Crippen molar-refractivity contribution in [1.82, 2.24) is 0 Å². The third-order valence-electron chi connectivity index (χ3n) is 2.58. The highest BCUT2D eigenvalue weighted by Gasteiger charge is 2.18. The van der Waals surface area contributed by atoms with Crippen molar-refractivity contribution in [2.24, 2.45) is 21.6 Å². The lowest BCUT2D eigenvalue weighted by Gasteiger charge is -2.22. The molecular formula is C14H28N2. The van der Waals surface area contributed by atoms with E-state index >= 15 is 0 Å². The SMILES string of the molecule is CCCC(=N/C=C(\N)C(C)(C)C)C(C)(C)C. The highest BCUT2D eigenvalue weighted by atomic mass is 14.8. The topological polar surface area (TPSA) is 38.4 Å². The first kappa shape index (κ1) is 15.2. The molecule has 0 fully saturated rings. The first-order valence-corrected chi connectivity index (χ1v) is 6.12. The number of aliphatic imine (C=N–C) groups is 1. The molecule has 2 N–H and O–H groups in total. The summed E-state index contributed by atoms with van der Waals surface area (Å²) < 4.78 is 0. The highest BCUT2D eigenvalue weighted by Crippen LogP contribution is 2.23. The Labute approximate surface area is 101 Å². The molecule has 2 heteroatoms. The molecule has 0 heterocycles. The molecule has 0 aliphatic heterocycles. The molecule has 0 unspecified atom stereocenters. The molecule has 94 valence electrons. The minimum absolute atomic E-state index is 0.00128. The van der Waals surface area contributed by atoms with Gasteiger partial charge in [0.05, 0.1) is 0 Å². The second-order valence-corrected chi connectivity index (χ2v) is 6.41. The van der Waals surface area contributed by atoms with Crippen LogP contribution in [0.25, 0.3) is 0 Å². The van der Waals surface area contributed by atoms with Crippen LogP contribution in [-0.2, 0) is 0 Å². The van der Waals surface area contributed by atoms with Crippen LogP contribution in [0.15, 0.2) is 16.9 Å². The normalized spacial score (nSPS) is 15.4. The van der Waals surface area contributed by atoms with Crippen LogP contribution < -0.4 is 5.73 Å². The van der Waals surface area contributed by atoms with Crippen molar-refractivity contribution in [3.63, 3.8) is 0 Å². The summed E-state index contributed by atoms with van der Waals surface area (Å²) in [6.45, 7) is 15.1. The fourth-order valence-electron chi connectivity index (χ4n) is 1.21. The summed E-state index contributed by atoms with van der Waals surface area (Å²) in [5.41, 5.74) is 8.18. The predicted molar refractivity (Wildman–Crippen MR) is 73.5 cm³/mol. The second kappa shape index (κ2) is 5.51. The maximum Gasteiger partial charge on any atom is 0.0460 e. The number of nitrogens with two attached hydrogens (primary N) is 1. The third kappa shape index (κ3) is 5.34. The van der Waals surface area contributed by atoms with Gasteiger partial charge in [0.25, 0.3) is 0 Å². The molecular weight excluding hydrogens is 196 g/mol. The molecule has 0 saturated heterocycles. The number of hydrogen-bond acceptors (Lipinski definition) is 2. The Morgan fingerprint density at radius 1 is 1.06 bits per heavy atom. The average molecular weight is 224 g/mol. The molecule has 0 rings (SSSR count). The molecule has 0 spiro atoms. The molecule has 16 heavy (non-hydrogen) atoms. The number of nitrogens with zero attached hydrogens (tertiary/aromatic N) is 1. The van der Waals surface area contributed by atoms with Crippen LogP contribution in [0.2, 0.25) is 0 Å². The summed E-state index contributed by atoms with van der Waals surface area (Å²) in [7, 11) is 0. The van der Waals surface area contributed by atoms with E-state index in [0.29, 0.717) is 0 Å². The monoisotopic (exact) mass is 224 g/mol. The Bertz CT molecular complexity index is 272. The second-order valence-electron chi connectivity index (χ2n) is 6.41. The van der Waals surface area contributed by atoms with Crippen LogP contribution in [0.4, 0.5) is 0 Å². The van der Waals surface area contributed by atoms with Gasteiger partial charge in [-0.25, -0.2) is 0 Å². The van der Waals surface area contributed by atoms with Gasteiger partial charge < -0.3 is 5.73 Å². The molecule has 0 aromatic heterocycles. The van der Waals surface area contributed by atoms with E-state index in [0.717, 1.165) is 18.5 Å². The fraction of sp³-hybridized carbons (Fsp3) is 0.786. The van der Waals surface area contributed by atoms with Gasteiger partial charge >= 0.3 is 0 Å². The summed E-state index contributed by atoms with van der Waals surface area (Å²) in [6, 6.07) is 0. The lowest BCUT2D eigenvalue weighted by atomic mass is 9.87. The molecule has 0 aliphatic carbocycles. The van der Waals surface area contributed by atoms with Crippen molar-refractivity contribution in [3.8, 4) is 0 Å². The zero-order valence-electron chi connectivity index (χ0n) is 12.0. The lowest BCUT2D eigenvalue weighted by Crippen LogP contribution is -2.21. The van der Waals surface area contributed by atoms with E-state index in [1.54, 1.807) is 0 Å². The van der Waals surface area contributed by atoms with Crippen molar-refractivity contribution in [3.05, 3.63) is 11.9 Å². The summed E-state index contributed by atoms with van der Waals surface area (Å²) in [5, 5.41) is 0. The number of allylic oxidation sites excluding steroid dienone is 1. The summed E-state index contributed by atoms with van der Waals surface area (Å²) in [6.07, 6.45) is 3.99. The smallest absolute Gasteiger partial charge is 0.0460 e. The van der Waals surface area contributed by atoms with Crippen LogP contribution in [-0.4, -0.2) is 5.71 Å². The van der Waals surface area contributed by atoms with Crippen LogP contribution >= 0.6 is 0 Å². The molecule has 0 aliphatic rings. The molecule has 2 nitrogen and oxygen atoms in total. The van der Waals surface area contributed by atoms with Gasteiger partial charge in [-0.05, 0) is 6.42 Å². The Hall–Kier alpha value is -0.790. The largest absolute Gasteiger partial charge is 0.400 e. The predicted octanol–water partition coefficient (Wildman–Crippen LogP) is 4.12. The van der Waals surface area contributed by atoms with Gasteiger partial charge in [0.2, 0.25) is 0 Å². The zero-order chi connectivity index (χ0) is 13.0. The first-order valence-electron chi connectivity index (χ1n) is 6.12. The molecule has 0 atom stereocenters. The van der Waals surface area contributed by atoms with Gasteiger partial charge in [0.15, 0.2) is 0 Å². The van der Waals surface area contributed by atoms with Gasteiger partial charge in [-0.2, -0.15) is 0 Å². The maximum absolute atomic E-state index is 5.99. The van der Waals surface area contributed by atoms with E-state index in [4.69, 9.17) is 5.73 Å². The van der Waals surface area contributed by atoms with Crippen LogP contribution in [0.3, 0.4) is 0 Å². The minimum Gasteiger partial charge on any atom is -0.400 e. The van der Waals surface area contributed by atoms with Crippen molar-refractivity contribution in [1.29, 1.82) is 0 Å². The Morgan fingerprint density at radius 3 is 1.88 bits per heavy atom. The van der Waals surface area contributed by atoms with E-state index in [-0.39, 0.29) is 10.8 Å². The highest BCUT2D eigenvalue weighted by molar-refractivity contribution is 5.89. The van der Waals surface area contributed by atoms with Gasteiger partial charge in [-0.15, -0.1) is 0 Å². The quantitative estimate of drug-likeness (QED) is 0.719. The van der Waals surface area contributed by atoms with Gasteiger partial charge in [-0.3, -0.25) is 4.99 Å². The van der Waals surface area contributed by atoms with E-state index in [1.807, 2.05) is 6.20 Å². The molecule has 0 radical (unpaired) electrons.